The fraction of sp³-hybridized carbons (Fsp3) is 0.0769. The molecule has 8 heteroatoms. The van der Waals surface area contributed by atoms with Crippen LogP contribution in [0, 0.1) is 0 Å². The summed E-state index contributed by atoms with van der Waals surface area (Å²) in [5, 5.41) is 0. The zero-order valence-electron chi connectivity index (χ0n) is 17.6. The van der Waals surface area contributed by atoms with Crippen LogP contribution in [0.3, 0.4) is 0 Å². The van der Waals surface area contributed by atoms with E-state index < -0.39 is 11.7 Å². The Bertz CT molecular complexity index is 1280. The van der Waals surface area contributed by atoms with Crippen molar-refractivity contribution in [2.45, 2.75) is 6.18 Å². The summed E-state index contributed by atoms with van der Waals surface area (Å²) in [7, 11) is 0. The van der Waals surface area contributed by atoms with Crippen molar-refractivity contribution in [2.24, 2.45) is 4.99 Å². The van der Waals surface area contributed by atoms with Gasteiger partial charge in [0.1, 0.15) is 11.4 Å². The van der Waals surface area contributed by atoms with Crippen molar-refractivity contribution in [1.29, 1.82) is 0 Å². The van der Waals surface area contributed by atoms with E-state index in [0.717, 1.165) is 29.5 Å². The number of pyridine rings is 1. The maximum Gasteiger partial charge on any atom is 0.417 e. The molecule has 4 aromatic rings. The molecule has 1 aliphatic heterocycles. The van der Waals surface area contributed by atoms with Crippen molar-refractivity contribution >= 4 is 11.4 Å². The number of rotatable bonds is 5. The molecule has 0 radical (unpaired) electrons. The van der Waals surface area contributed by atoms with E-state index >= 15 is 0 Å². The fourth-order valence-corrected chi connectivity index (χ4v) is 3.45. The van der Waals surface area contributed by atoms with E-state index in [4.69, 9.17) is 19.2 Å². The van der Waals surface area contributed by atoms with Gasteiger partial charge in [0, 0.05) is 35.5 Å². The van der Waals surface area contributed by atoms with Gasteiger partial charge in [-0.15, -0.1) is 0 Å². The number of aromatic nitrogens is 1. The van der Waals surface area contributed by atoms with E-state index in [2.05, 4.69) is 4.98 Å². The number of fused-ring (bicyclic) bond motifs is 1. The predicted molar refractivity (Wildman–Crippen MR) is 120 cm³/mol. The maximum atomic E-state index is 12.8. The van der Waals surface area contributed by atoms with Crippen LogP contribution in [-0.2, 0) is 6.18 Å². The summed E-state index contributed by atoms with van der Waals surface area (Å²) in [4.78, 5) is 8.65. The molecule has 0 unspecified atom stereocenters. The molecule has 0 aliphatic carbocycles. The lowest BCUT2D eigenvalue weighted by molar-refractivity contribution is -0.137. The Morgan fingerprint density at radius 1 is 0.853 bits per heavy atom. The summed E-state index contributed by atoms with van der Waals surface area (Å²) >= 11 is 0. The normalized spacial score (nSPS) is 12.3. The first-order valence-corrected chi connectivity index (χ1v) is 10.3. The molecule has 0 spiro atoms. The van der Waals surface area contributed by atoms with Crippen LogP contribution in [0.25, 0.3) is 0 Å². The van der Waals surface area contributed by atoms with Crippen LogP contribution in [0.2, 0.25) is 0 Å². The zero-order chi connectivity index (χ0) is 23.5. The number of ether oxygens (including phenoxy) is 3. The van der Waals surface area contributed by atoms with E-state index in [1.807, 2.05) is 60.7 Å². The van der Waals surface area contributed by atoms with Gasteiger partial charge in [0.15, 0.2) is 11.5 Å². The van der Waals surface area contributed by atoms with Gasteiger partial charge < -0.3 is 14.2 Å². The number of halogens is 3. The van der Waals surface area contributed by atoms with Crippen molar-refractivity contribution in [2.75, 3.05) is 6.79 Å². The number of hydrogen-bond acceptors (Lipinski definition) is 5. The van der Waals surface area contributed by atoms with Gasteiger partial charge in [-0.2, -0.15) is 13.2 Å². The topological polar surface area (TPSA) is 52.9 Å². The molecule has 5 rings (SSSR count). The van der Waals surface area contributed by atoms with E-state index in [1.54, 1.807) is 12.1 Å². The van der Waals surface area contributed by atoms with Gasteiger partial charge in [0.25, 0.3) is 0 Å². The lowest BCUT2D eigenvalue weighted by Crippen LogP contribution is -2.05. The van der Waals surface area contributed by atoms with Crippen molar-refractivity contribution in [3.63, 3.8) is 0 Å². The summed E-state index contributed by atoms with van der Waals surface area (Å²) < 4.78 is 55.4. The van der Waals surface area contributed by atoms with Crippen LogP contribution in [-0.4, -0.2) is 17.5 Å². The Morgan fingerprint density at radius 3 is 2.12 bits per heavy atom. The van der Waals surface area contributed by atoms with Crippen LogP contribution in [0.15, 0.2) is 96.1 Å². The van der Waals surface area contributed by atoms with Gasteiger partial charge >= 0.3 is 6.18 Å². The third-order valence-corrected chi connectivity index (χ3v) is 5.04. The minimum absolute atomic E-state index is 0.00753. The van der Waals surface area contributed by atoms with Crippen molar-refractivity contribution < 1.29 is 27.4 Å². The smallest absolute Gasteiger partial charge is 0.417 e. The monoisotopic (exact) mass is 462 g/mol. The van der Waals surface area contributed by atoms with Crippen molar-refractivity contribution in [1.82, 2.24) is 4.98 Å². The Morgan fingerprint density at radius 2 is 1.53 bits per heavy atom. The first-order valence-electron chi connectivity index (χ1n) is 10.3. The van der Waals surface area contributed by atoms with Crippen LogP contribution in [0.4, 0.5) is 18.9 Å². The zero-order valence-corrected chi connectivity index (χ0v) is 17.6. The highest BCUT2D eigenvalue weighted by Gasteiger charge is 2.30. The van der Waals surface area contributed by atoms with E-state index in [1.165, 1.54) is 0 Å². The molecule has 3 aromatic carbocycles. The molecule has 0 saturated heterocycles. The SMILES string of the molecule is FC(F)(F)c1ccc(Oc2cc(N=C(c3ccccc3)c3ccccc3)c3c(c2)OCO3)nc1. The van der Waals surface area contributed by atoms with Gasteiger partial charge in [-0.1, -0.05) is 60.7 Å². The highest BCUT2D eigenvalue weighted by atomic mass is 19.4. The highest BCUT2D eigenvalue weighted by molar-refractivity contribution is 6.14. The highest BCUT2D eigenvalue weighted by Crippen LogP contribution is 2.45. The summed E-state index contributed by atoms with van der Waals surface area (Å²) in [6.07, 6.45) is -3.75. The van der Waals surface area contributed by atoms with Gasteiger partial charge in [-0.05, 0) is 6.07 Å². The number of nitrogens with zero attached hydrogens (tertiary/aromatic N) is 2. The molecule has 0 bridgehead atoms. The fourth-order valence-electron chi connectivity index (χ4n) is 3.45. The minimum Gasteiger partial charge on any atom is -0.453 e. The number of alkyl halides is 3. The molecule has 0 N–H and O–H groups in total. The maximum absolute atomic E-state index is 12.8. The van der Waals surface area contributed by atoms with Crippen LogP contribution in [0.5, 0.6) is 23.1 Å². The second kappa shape index (κ2) is 8.90. The standard InChI is InChI=1S/C26H17F3N2O3/c27-26(28,29)19-11-12-23(30-15-19)34-20-13-21(25-22(14-20)32-16-33-25)31-24(17-7-3-1-4-8-17)18-9-5-2-6-10-18/h1-15H,16H2. The molecule has 1 aliphatic rings. The minimum atomic E-state index is -4.47. The Kier molecular flexibility index (Phi) is 5.63. The Balaban J connectivity index is 1.55. The van der Waals surface area contributed by atoms with Gasteiger partial charge in [-0.3, -0.25) is 0 Å². The number of benzene rings is 3. The molecular weight excluding hydrogens is 445 g/mol. The van der Waals surface area contributed by atoms with Crippen molar-refractivity contribution in [3.8, 4) is 23.1 Å². The van der Waals surface area contributed by atoms with E-state index in [-0.39, 0.29) is 12.7 Å². The number of aliphatic imine (C=N–C) groups is 1. The third kappa shape index (κ3) is 4.56. The Labute approximate surface area is 193 Å². The van der Waals surface area contributed by atoms with Crippen LogP contribution >= 0.6 is 0 Å². The van der Waals surface area contributed by atoms with Gasteiger partial charge in [0.05, 0.1) is 11.3 Å². The quantitative estimate of drug-likeness (QED) is 0.307. The molecule has 5 nitrogen and oxygen atoms in total. The molecule has 34 heavy (non-hydrogen) atoms. The first-order chi connectivity index (χ1) is 16.5. The second-order valence-corrected chi connectivity index (χ2v) is 7.35. The lowest BCUT2D eigenvalue weighted by Gasteiger charge is -2.11. The summed E-state index contributed by atoms with van der Waals surface area (Å²) in [5.41, 5.74) is 2.11. The largest absolute Gasteiger partial charge is 0.453 e. The molecule has 1 aromatic heterocycles. The average Bonchev–Trinajstić information content (AvgIpc) is 3.32. The average molecular weight is 462 g/mol. The molecule has 0 amide bonds. The summed E-state index contributed by atoms with van der Waals surface area (Å²) in [6.45, 7) is 0.0197. The van der Waals surface area contributed by atoms with Gasteiger partial charge in [-0.25, -0.2) is 9.98 Å². The molecule has 0 saturated carbocycles. The summed E-state index contributed by atoms with van der Waals surface area (Å²) in [6, 6.07) is 24.7. The summed E-state index contributed by atoms with van der Waals surface area (Å²) in [5.74, 6) is 1.18. The first kappa shape index (κ1) is 21.5. The molecule has 170 valence electrons. The van der Waals surface area contributed by atoms with Crippen LogP contribution < -0.4 is 14.2 Å². The third-order valence-electron chi connectivity index (χ3n) is 5.04. The molecule has 2 heterocycles. The molecule has 0 atom stereocenters. The molecule has 0 fully saturated rings. The van der Waals surface area contributed by atoms with E-state index in [9.17, 15) is 13.2 Å². The van der Waals surface area contributed by atoms with Crippen molar-refractivity contribution in [3.05, 3.63) is 108 Å². The molecular formula is C26H17F3N2O3. The van der Waals surface area contributed by atoms with E-state index in [0.29, 0.717) is 28.6 Å². The predicted octanol–water partition coefficient (Wildman–Crippen LogP) is 6.79. The lowest BCUT2D eigenvalue weighted by atomic mass is 10.0. The van der Waals surface area contributed by atoms with Crippen LogP contribution in [0.1, 0.15) is 16.7 Å². The second-order valence-electron chi connectivity index (χ2n) is 7.35. The van der Waals surface area contributed by atoms with Gasteiger partial charge in [0.2, 0.25) is 12.7 Å². The Hall–Kier alpha value is -4.33. The number of hydrogen-bond donors (Lipinski definition) is 0.